The summed E-state index contributed by atoms with van der Waals surface area (Å²) >= 11 is 0. The number of rotatable bonds is 4. The van der Waals surface area contributed by atoms with Crippen molar-refractivity contribution in [1.82, 2.24) is 0 Å². The van der Waals surface area contributed by atoms with Crippen LogP contribution in [0.15, 0.2) is 182 Å². The molecule has 11 rings (SSSR count). The molecule has 4 heteroatoms. The van der Waals surface area contributed by atoms with E-state index in [-0.39, 0.29) is 17.5 Å². The van der Waals surface area contributed by atoms with Crippen molar-refractivity contribution in [2.24, 2.45) is 0 Å². The molecule has 0 fully saturated rings. The molecular formula is C56H48BNOSi. The number of fused-ring (bicyclic) bond motifs is 7. The van der Waals surface area contributed by atoms with Crippen LogP contribution in [0.4, 0.5) is 17.1 Å². The molecule has 8 aromatic rings. The third kappa shape index (κ3) is 5.47. The second kappa shape index (κ2) is 13.3. The van der Waals surface area contributed by atoms with Crippen molar-refractivity contribution in [2.75, 3.05) is 4.90 Å². The quantitative estimate of drug-likeness (QED) is 0.165. The number of benzene rings is 8. The van der Waals surface area contributed by atoms with Crippen LogP contribution in [0.1, 0.15) is 52.7 Å². The van der Waals surface area contributed by atoms with Gasteiger partial charge in [0.05, 0.1) is 0 Å². The lowest BCUT2D eigenvalue weighted by atomic mass is 9.34. The fourth-order valence-electron chi connectivity index (χ4n) is 10.3. The van der Waals surface area contributed by atoms with Crippen molar-refractivity contribution in [1.29, 1.82) is 0 Å². The van der Waals surface area contributed by atoms with Crippen LogP contribution < -0.4 is 46.8 Å². The summed E-state index contributed by atoms with van der Waals surface area (Å²) in [5.74, 6) is 1.86. The van der Waals surface area contributed by atoms with Crippen LogP contribution in [0.5, 0.6) is 11.5 Å². The third-order valence-electron chi connectivity index (χ3n) is 13.3. The Morgan fingerprint density at radius 1 is 0.450 bits per heavy atom. The molecule has 0 aliphatic carbocycles. The van der Waals surface area contributed by atoms with Gasteiger partial charge in [-0.2, -0.15) is 0 Å². The summed E-state index contributed by atoms with van der Waals surface area (Å²) in [6.45, 7) is 13.8. The maximum absolute atomic E-state index is 7.09. The Kier molecular flexibility index (Phi) is 8.15. The van der Waals surface area contributed by atoms with Crippen molar-refractivity contribution in [2.45, 2.75) is 52.4 Å². The van der Waals surface area contributed by atoms with Gasteiger partial charge in [0.15, 0.2) is 8.07 Å². The largest absolute Gasteiger partial charge is 0.458 e. The maximum atomic E-state index is 7.09. The third-order valence-corrected chi connectivity index (χ3v) is 18.2. The second-order valence-corrected chi connectivity index (χ2v) is 22.7. The monoisotopic (exact) mass is 789 g/mol. The fraction of sp³-hybridized carbons (Fsp3) is 0.143. The van der Waals surface area contributed by atoms with Crippen molar-refractivity contribution in [3.8, 4) is 33.8 Å². The van der Waals surface area contributed by atoms with Gasteiger partial charge in [0, 0.05) is 17.1 Å². The van der Waals surface area contributed by atoms with Crippen LogP contribution in [0.2, 0.25) is 0 Å². The van der Waals surface area contributed by atoms with Crippen LogP contribution in [0.25, 0.3) is 22.3 Å². The highest BCUT2D eigenvalue weighted by Crippen LogP contribution is 2.45. The van der Waals surface area contributed by atoms with Gasteiger partial charge in [-0.05, 0) is 118 Å². The van der Waals surface area contributed by atoms with Crippen molar-refractivity contribution < 1.29 is 4.74 Å². The molecule has 290 valence electrons. The first-order valence-electron chi connectivity index (χ1n) is 21.4. The molecule has 0 amide bonds. The SMILES string of the molecule is CC(C)(C)c1ccc(N2c3cc4c(cc3B3c5cc(C(C)(C)C)ccc5Oc5cc(-c6ccccc6)cc2c53)-c2ccccc2[Si]4(c2ccccc2)c2ccccc2)cc1. The molecule has 0 radical (unpaired) electrons. The van der Waals surface area contributed by atoms with E-state index >= 15 is 0 Å². The molecular weight excluding hydrogens is 742 g/mol. The number of anilines is 3. The summed E-state index contributed by atoms with van der Waals surface area (Å²) in [5.41, 5.74) is 14.9. The molecule has 0 aromatic heterocycles. The van der Waals surface area contributed by atoms with E-state index in [0.29, 0.717) is 0 Å². The zero-order chi connectivity index (χ0) is 41.0. The molecule has 60 heavy (non-hydrogen) atoms. The van der Waals surface area contributed by atoms with Gasteiger partial charge >= 0.3 is 0 Å². The molecule has 0 bridgehead atoms. The predicted molar refractivity (Wildman–Crippen MR) is 258 cm³/mol. The van der Waals surface area contributed by atoms with Gasteiger partial charge in [-0.15, -0.1) is 0 Å². The highest BCUT2D eigenvalue weighted by Gasteiger charge is 2.51. The van der Waals surface area contributed by atoms with E-state index < -0.39 is 8.07 Å². The minimum atomic E-state index is -2.79. The van der Waals surface area contributed by atoms with Gasteiger partial charge in [0.1, 0.15) is 11.5 Å². The molecule has 0 saturated carbocycles. The molecule has 2 nitrogen and oxygen atoms in total. The fourth-order valence-corrected chi connectivity index (χ4v) is 15.5. The van der Waals surface area contributed by atoms with E-state index in [1.165, 1.54) is 76.3 Å². The Labute approximate surface area is 356 Å². The van der Waals surface area contributed by atoms with Gasteiger partial charge in [-0.25, -0.2) is 0 Å². The van der Waals surface area contributed by atoms with E-state index in [1.54, 1.807) is 0 Å². The summed E-state index contributed by atoms with van der Waals surface area (Å²) < 4.78 is 7.09. The van der Waals surface area contributed by atoms with Crippen molar-refractivity contribution in [3.05, 3.63) is 193 Å². The zero-order valence-corrected chi connectivity index (χ0v) is 36.3. The molecule has 3 aliphatic rings. The average Bonchev–Trinajstić information content (AvgIpc) is 3.55. The van der Waals surface area contributed by atoms with Crippen LogP contribution >= 0.6 is 0 Å². The summed E-state index contributed by atoms with van der Waals surface area (Å²) in [5, 5.41) is 5.70. The molecule has 0 saturated heterocycles. The van der Waals surface area contributed by atoms with Crippen LogP contribution in [0, 0.1) is 0 Å². The lowest BCUT2D eigenvalue weighted by molar-refractivity contribution is 0.486. The van der Waals surface area contributed by atoms with E-state index in [1.807, 2.05) is 0 Å². The highest BCUT2D eigenvalue weighted by molar-refractivity contribution is 7.22. The average molecular weight is 790 g/mol. The van der Waals surface area contributed by atoms with E-state index in [2.05, 4.69) is 228 Å². The zero-order valence-electron chi connectivity index (χ0n) is 35.3. The lowest BCUT2D eigenvalue weighted by Crippen LogP contribution is -2.73. The topological polar surface area (TPSA) is 12.5 Å². The normalized spacial score (nSPS) is 14.4. The molecule has 0 N–H and O–H groups in total. The number of nitrogens with zero attached hydrogens (tertiary/aromatic N) is 1. The Morgan fingerprint density at radius 3 is 1.70 bits per heavy atom. The van der Waals surface area contributed by atoms with E-state index in [9.17, 15) is 0 Å². The molecule has 0 spiro atoms. The molecule has 8 aromatic carbocycles. The minimum Gasteiger partial charge on any atom is -0.458 e. The smallest absolute Gasteiger partial charge is 0.256 e. The van der Waals surface area contributed by atoms with Gasteiger partial charge in [0.25, 0.3) is 6.71 Å². The first kappa shape index (κ1) is 36.7. The maximum Gasteiger partial charge on any atom is 0.256 e. The van der Waals surface area contributed by atoms with Crippen LogP contribution in [-0.2, 0) is 10.8 Å². The lowest BCUT2D eigenvalue weighted by Gasteiger charge is -2.42. The standard InChI is InChI=1S/C56H48BNOSi/c1-55(2,3)39-26-29-41(30-27-39)58-48-36-53-45(44-24-16-17-25-52(44)60(53,42-20-12-8-13-21-42)43-22-14-9-15-23-43)35-46(48)57-47-34-40(56(4,5)6)28-31-50(47)59-51-33-38(32-49(58)54(51)57)37-18-10-7-11-19-37/h7-36H,1-6H3. The van der Waals surface area contributed by atoms with E-state index in [0.717, 1.165) is 22.7 Å². The molecule has 0 atom stereocenters. The number of ether oxygens (including phenoxy) is 1. The van der Waals surface area contributed by atoms with Crippen LogP contribution in [0.3, 0.4) is 0 Å². The number of hydrogen-bond acceptors (Lipinski definition) is 2. The summed E-state index contributed by atoms with van der Waals surface area (Å²) in [6, 6.07) is 68.9. The Hall–Kier alpha value is -6.36. The molecule has 3 heterocycles. The second-order valence-electron chi connectivity index (χ2n) is 18.9. The first-order chi connectivity index (χ1) is 29.0. The van der Waals surface area contributed by atoms with Gasteiger partial charge < -0.3 is 9.64 Å². The van der Waals surface area contributed by atoms with Crippen LogP contribution in [-0.4, -0.2) is 14.8 Å². The Bertz CT molecular complexity index is 2920. The van der Waals surface area contributed by atoms with Crippen molar-refractivity contribution >= 4 is 69.0 Å². The number of hydrogen-bond donors (Lipinski definition) is 0. The van der Waals surface area contributed by atoms with Crippen molar-refractivity contribution in [3.63, 3.8) is 0 Å². The summed E-state index contributed by atoms with van der Waals surface area (Å²) in [7, 11) is -2.79. The van der Waals surface area contributed by atoms with Gasteiger partial charge in [0.2, 0.25) is 0 Å². The molecule has 3 aliphatic heterocycles. The van der Waals surface area contributed by atoms with E-state index in [4.69, 9.17) is 4.74 Å². The summed E-state index contributed by atoms with van der Waals surface area (Å²) in [4.78, 5) is 2.56. The molecule has 0 unspecified atom stereocenters. The Balaban J connectivity index is 1.28. The first-order valence-corrected chi connectivity index (χ1v) is 23.4. The predicted octanol–water partition coefficient (Wildman–Crippen LogP) is 9.71. The Morgan fingerprint density at radius 2 is 1.05 bits per heavy atom. The highest BCUT2D eigenvalue weighted by atomic mass is 28.3. The van der Waals surface area contributed by atoms with Gasteiger partial charge in [-0.3, -0.25) is 0 Å². The summed E-state index contributed by atoms with van der Waals surface area (Å²) in [6.07, 6.45) is 0. The van der Waals surface area contributed by atoms with Gasteiger partial charge in [-0.1, -0.05) is 187 Å². The minimum absolute atomic E-state index is 0.0267.